The second-order valence-corrected chi connectivity index (χ2v) is 6.07. The Morgan fingerprint density at radius 1 is 1.23 bits per heavy atom. The summed E-state index contributed by atoms with van der Waals surface area (Å²) in [7, 11) is 0. The lowest BCUT2D eigenvalue weighted by atomic mass is 10.1. The number of hydrogen-bond acceptors (Lipinski definition) is 3. The number of amides is 1. The molecule has 0 unspecified atom stereocenters. The lowest BCUT2D eigenvalue weighted by molar-refractivity contribution is 0.102. The number of hydrogen-bond donors (Lipinski definition) is 1. The number of halogens is 1. The monoisotopic (exact) mass is 328 g/mol. The topological polar surface area (TPSA) is 42.0 Å². The van der Waals surface area contributed by atoms with Gasteiger partial charge in [0.25, 0.3) is 5.91 Å². The predicted octanol–water partition coefficient (Wildman–Crippen LogP) is 5.02. The number of nitrogens with zero attached hydrogens (tertiary/aromatic N) is 1. The van der Waals surface area contributed by atoms with E-state index in [0.29, 0.717) is 16.3 Å². The van der Waals surface area contributed by atoms with Gasteiger partial charge in [0, 0.05) is 22.7 Å². The van der Waals surface area contributed by atoms with E-state index in [1.165, 1.54) is 0 Å². The van der Waals surface area contributed by atoms with Crippen molar-refractivity contribution in [2.24, 2.45) is 0 Å². The van der Waals surface area contributed by atoms with Crippen molar-refractivity contribution in [2.45, 2.75) is 6.92 Å². The van der Waals surface area contributed by atoms with Gasteiger partial charge in [-0.1, -0.05) is 17.7 Å². The first-order valence-corrected chi connectivity index (χ1v) is 8.02. The van der Waals surface area contributed by atoms with E-state index in [0.717, 1.165) is 16.8 Å². The maximum Gasteiger partial charge on any atom is 0.255 e. The van der Waals surface area contributed by atoms with Crippen LogP contribution in [0.2, 0.25) is 5.02 Å². The molecule has 0 aliphatic carbocycles. The highest BCUT2D eigenvalue weighted by Gasteiger charge is 2.10. The molecule has 0 bridgehead atoms. The van der Waals surface area contributed by atoms with Gasteiger partial charge >= 0.3 is 0 Å². The van der Waals surface area contributed by atoms with E-state index in [2.05, 4.69) is 10.3 Å². The second kappa shape index (κ2) is 6.30. The zero-order valence-corrected chi connectivity index (χ0v) is 13.4. The van der Waals surface area contributed by atoms with Gasteiger partial charge in [0.1, 0.15) is 0 Å². The van der Waals surface area contributed by atoms with Crippen LogP contribution in [0.15, 0.2) is 53.4 Å². The maximum absolute atomic E-state index is 12.4. The van der Waals surface area contributed by atoms with Crippen molar-refractivity contribution >= 4 is 34.5 Å². The van der Waals surface area contributed by atoms with Crippen LogP contribution in [-0.2, 0) is 0 Å². The van der Waals surface area contributed by atoms with Gasteiger partial charge in [-0.2, -0.15) is 11.3 Å². The summed E-state index contributed by atoms with van der Waals surface area (Å²) < 4.78 is 0. The molecular formula is C17H13ClN2OS. The summed E-state index contributed by atoms with van der Waals surface area (Å²) in [6, 6.07) is 11.0. The zero-order valence-electron chi connectivity index (χ0n) is 11.8. The number of carbonyl (C=O) groups is 1. The lowest BCUT2D eigenvalue weighted by Gasteiger charge is -2.08. The van der Waals surface area contributed by atoms with E-state index in [-0.39, 0.29) is 5.91 Å². The summed E-state index contributed by atoms with van der Waals surface area (Å²) >= 11 is 7.74. The molecule has 3 rings (SSSR count). The third-order valence-corrected chi connectivity index (χ3v) is 4.21. The van der Waals surface area contributed by atoms with Crippen LogP contribution in [0.3, 0.4) is 0 Å². The molecule has 110 valence electrons. The molecule has 0 aliphatic rings. The quantitative estimate of drug-likeness (QED) is 0.733. The van der Waals surface area contributed by atoms with E-state index in [9.17, 15) is 4.79 Å². The SMILES string of the molecule is Cc1ccc(NC(=O)c2ccnc(-c3ccsc3)c2)c(Cl)c1. The molecule has 2 heterocycles. The van der Waals surface area contributed by atoms with Crippen LogP contribution in [0.5, 0.6) is 0 Å². The van der Waals surface area contributed by atoms with E-state index in [1.807, 2.05) is 35.9 Å². The summed E-state index contributed by atoms with van der Waals surface area (Å²) in [4.78, 5) is 16.7. The number of nitrogens with one attached hydrogen (secondary N) is 1. The van der Waals surface area contributed by atoms with Crippen molar-refractivity contribution in [2.75, 3.05) is 5.32 Å². The van der Waals surface area contributed by atoms with E-state index >= 15 is 0 Å². The van der Waals surface area contributed by atoms with Crippen LogP contribution in [-0.4, -0.2) is 10.9 Å². The molecule has 5 heteroatoms. The minimum Gasteiger partial charge on any atom is -0.321 e. The summed E-state index contributed by atoms with van der Waals surface area (Å²) in [6.45, 7) is 1.95. The third kappa shape index (κ3) is 3.18. The summed E-state index contributed by atoms with van der Waals surface area (Å²) in [5.74, 6) is -0.204. The molecule has 3 aromatic rings. The Morgan fingerprint density at radius 2 is 2.09 bits per heavy atom. The van der Waals surface area contributed by atoms with Crippen molar-refractivity contribution in [1.29, 1.82) is 0 Å². The Labute approximate surface area is 137 Å². The molecule has 0 radical (unpaired) electrons. The highest BCUT2D eigenvalue weighted by molar-refractivity contribution is 7.08. The fraction of sp³-hybridized carbons (Fsp3) is 0.0588. The zero-order chi connectivity index (χ0) is 15.5. The second-order valence-electron chi connectivity index (χ2n) is 4.88. The number of aromatic nitrogens is 1. The maximum atomic E-state index is 12.4. The van der Waals surface area contributed by atoms with Crippen molar-refractivity contribution in [3.8, 4) is 11.3 Å². The normalized spacial score (nSPS) is 10.5. The van der Waals surface area contributed by atoms with Crippen molar-refractivity contribution in [3.05, 3.63) is 69.5 Å². The van der Waals surface area contributed by atoms with Crippen LogP contribution >= 0.6 is 22.9 Å². The minimum atomic E-state index is -0.204. The third-order valence-electron chi connectivity index (χ3n) is 3.21. The average molecular weight is 329 g/mol. The van der Waals surface area contributed by atoms with Crippen LogP contribution < -0.4 is 5.32 Å². The number of rotatable bonds is 3. The number of pyridine rings is 1. The highest BCUT2D eigenvalue weighted by atomic mass is 35.5. The summed E-state index contributed by atoms with van der Waals surface area (Å²) in [6.07, 6.45) is 1.64. The van der Waals surface area contributed by atoms with Gasteiger partial charge in [0.05, 0.1) is 16.4 Å². The van der Waals surface area contributed by atoms with Gasteiger partial charge in [0.2, 0.25) is 0 Å². The van der Waals surface area contributed by atoms with E-state index < -0.39 is 0 Å². The number of carbonyl (C=O) groups excluding carboxylic acids is 1. The minimum absolute atomic E-state index is 0.204. The predicted molar refractivity (Wildman–Crippen MR) is 91.7 cm³/mol. The molecule has 0 spiro atoms. The molecule has 22 heavy (non-hydrogen) atoms. The van der Waals surface area contributed by atoms with Crippen molar-refractivity contribution in [1.82, 2.24) is 4.98 Å². The van der Waals surface area contributed by atoms with Gasteiger partial charge in [-0.3, -0.25) is 9.78 Å². The highest BCUT2D eigenvalue weighted by Crippen LogP contribution is 2.24. The van der Waals surface area contributed by atoms with Crippen molar-refractivity contribution < 1.29 is 4.79 Å². The van der Waals surface area contributed by atoms with Crippen LogP contribution in [0.1, 0.15) is 15.9 Å². The fourth-order valence-corrected chi connectivity index (χ4v) is 2.99. The van der Waals surface area contributed by atoms with Crippen LogP contribution in [0, 0.1) is 6.92 Å². The molecule has 0 aliphatic heterocycles. The summed E-state index contributed by atoms with van der Waals surface area (Å²) in [5, 5.41) is 7.34. The largest absolute Gasteiger partial charge is 0.321 e. The molecule has 1 aromatic carbocycles. The number of aryl methyl sites for hydroxylation is 1. The van der Waals surface area contributed by atoms with Gasteiger partial charge < -0.3 is 5.32 Å². The Morgan fingerprint density at radius 3 is 2.82 bits per heavy atom. The molecule has 0 saturated carbocycles. The van der Waals surface area contributed by atoms with E-state index in [1.54, 1.807) is 35.7 Å². The molecule has 1 amide bonds. The molecule has 3 nitrogen and oxygen atoms in total. The van der Waals surface area contributed by atoms with Gasteiger partial charge in [0.15, 0.2) is 0 Å². The molecule has 0 fully saturated rings. The van der Waals surface area contributed by atoms with Crippen LogP contribution in [0.25, 0.3) is 11.3 Å². The molecule has 2 aromatic heterocycles. The Hall–Kier alpha value is -2.17. The smallest absolute Gasteiger partial charge is 0.255 e. The van der Waals surface area contributed by atoms with Gasteiger partial charge in [-0.05, 0) is 48.2 Å². The van der Waals surface area contributed by atoms with Crippen LogP contribution in [0.4, 0.5) is 5.69 Å². The lowest BCUT2D eigenvalue weighted by Crippen LogP contribution is -2.12. The van der Waals surface area contributed by atoms with E-state index in [4.69, 9.17) is 11.6 Å². The first kappa shape index (κ1) is 14.8. The first-order chi connectivity index (χ1) is 10.6. The van der Waals surface area contributed by atoms with Gasteiger partial charge in [-0.25, -0.2) is 0 Å². The fourth-order valence-electron chi connectivity index (χ4n) is 2.06. The molecule has 1 N–H and O–H groups in total. The molecule has 0 atom stereocenters. The van der Waals surface area contributed by atoms with Gasteiger partial charge in [-0.15, -0.1) is 0 Å². The Kier molecular flexibility index (Phi) is 4.22. The number of anilines is 1. The standard InChI is InChI=1S/C17H13ClN2OS/c1-11-2-3-15(14(18)8-11)20-17(21)12-4-6-19-16(9-12)13-5-7-22-10-13/h2-10H,1H3,(H,20,21). The number of benzene rings is 1. The summed E-state index contributed by atoms with van der Waals surface area (Å²) in [5.41, 5.74) is 3.99. The molecular weight excluding hydrogens is 316 g/mol. The Bertz CT molecular complexity index is 815. The molecule has 0 saturated heterocycles. The average Bonchev–Trinajstić information content (AvgIpc) is 3.04. The number of thiophene rings is 1. The Balaban J connectivity index is 1.85. The van der Waals surface area contributed by atoms with Crippen molar-refractivity contribution in [3.63, 3.8) is 0 Å². The first-order valence-electron chi connectivity index (χ1n) is 6.69.